The largest absolute Gasteiger partial charge is 0.490 e. The van der Waals surface area contributed by atoms with Crippen molar-refractivity contribution in [1.29, 1.82) is 0 Å². The highest BCUT2D eigenvalue weighted by atomic mass is 35.5. The van der Waals surface area contributed by atoms with Gasteiger partial charge in [-0.05, 0) is 25.0 Å². The Bertz CT molecular complexity index is 554. The van der Waals surface area contributed by atoms with E-state index < -0.39 is 0 Å². The summed E-state index contributed by atoms with van der Waals surface area (Å²) in [4.78, 5) is 14.4. The zero-order valence-electron chi connectivity index (χ0n) is 13.4. The molecule has 1 aromatic rings. The fraction of sp³-hybridized carbons (Fsp3) is 0.588. The van der Waals surface area contributed by atoms with Crippen molar-refractivity contribution in [3.63, 3.8) is 0 Å². The standard InChI is InChI=1S/C17H24ClN3O2/c1-21(10-11-23-15-9-5-3-7-13(15)18)17(22)16-12-6-2-4-8-14(12)19-20-16/h3,5,7,9,12,14,16,19-20H,2,4,6,8,10-11H2,1H3. The molecule has 23 heavy (non-hydrogen) atoms. The number of carbonyl (C=O) groups is 1. The molecule has 0 radical (unpaired) electrons. The number of hydrogen-bond donors (Lipinski definition) is 2. The lowest BCUT2D eigenvalue weighted by Crippen LogP contribution is -2.47. The summed E-state index contributed by atoms with van der Waals surface area (Å²) >= 11 is 6.06. The van der Waals surface area contributed by atoms with Crippen molar-refractivity contribution in [3.8, 4) is 5.75 Å². The minimum absolute atomic E-state index is 0.120. The average molecular weight is 338 g/mol. The second-order valence-corrected chi connectivity index (χ2v) is 6.77. The number of rotatable bonds is 5. The van der Waals surface area contributed by atoms with Crippen LogP contribution in [-0.4, -0.2) is 43.1 Å². The van der Waals surface area contributed by atoms with Gasteiger partial charge in [0.2, 0.25) is 5.91 Å². The first-order chi connectivity index (χ1) is 11.2. The fourth-order valence-electron chi connectivity index (χ4n) is 3.49. The Labute approximate surface area is 142 Å². The van der Waals surface area contributed by atoms with Crippen molar-refractivity contribution in [2.75, 3.05) is 20.2 Å². The van der Waals surface area contributed by atoms with E-state index >= 15 is 0 Å². The van der Waals surface area contributed by atoms with E-state index in [0.29, 0.717) is 35.9 Å². The van der Waals surface area contributed by atoms with Crippen molar-refractivity contribution >= 4 is 17.5 Å². The molecule has 0 spiro atoms. The predicted molar refractivity (Wildman–Crippen MR) is 90.4 cm³/mol. The van der Waals surface area contributed by atoms with Gasteiger partial charge in [-0.2, -0.15) is 0 Å². The van der Waals surface area contributed by atoms with Gasteiger partial charge < -0.3 is 9.64 Å². The Hall–Kier alpha value is -1.30. The van der Waals surface area contributed by atoms with Gasteiger partial charge in [-0.25, -0.2) is 5.43 Å². The second kappa shape index (κ2) is 7.51. The molecular weight excluding hydrogens is 314 g/mol. The molecule has 1 heterocycles. The molecule has 0 bridgehead atoms. The van der Waals surface area contributed by atoms with Crippen LogP contribution in [0.1, 0.15) is 25.7 Å². The lowest BCUT2D eigenvalue weighted by Gasteiger charge is -2.29. The highest BCUT2D eigenvalue weighted by molar-refractivity contribution is 6.32. The highest BCUT2D eigenvalue weighted by Crippen LogP contribution is 2.30. The maximum absolute atomic E-state index is 12.7. The van der Waals surface area contributed by atoms with Crippen molar-refractivity contribution in [2.24, 2.45) is 5.92 Å². The van der Waals surface area contributed by atoms with Crippen LogP contribution in [-0.2, 0) is 4.79 Å². The lowest BCUT2D eigenvalue weighted by atomic mass is 9.81. The number of fused-ring (bicyclic) bond motifs is 1. The second-order valence-electron chi connectivity index (χ2n) is 6.36. The Morgan fingerprint density at radius 3 is 2.91 bits per heavy atom. The zero-order chi connectivity index (χ0) is 16.2. The van der Waals surface area contributed by atoms with E-state index in [2.05, 4.69) is 10.9 Å². The summed E-state index contributed by atoms with van der Waals surface area (Å²) in [6.07, 6.45) is 4.73. The molecule has 3 atom stereocenters. The molecule has 1 saturated carbocycles. The molecule has 0 aromatic heterocycles. The van der Waals surface area contributed by atoms with Crippen LogP contribution in [0, 0.1) is 5.92 Å². The van der Waals surface area contributed by atoms with E-state index in [9.17, 15) is 4.79 Å². The van der Waals surface area contributed by atoms with Crippen molar-refractivity contribution in [3.05, 3.63) is 29.3 Å². The minimum Gasteiger partial charge on any atom is -0.490 e. The maximum atomic E-state index is 12.7. The predicted octanol–water partition coefficient (Wildman–Crippen LogP) is 2.21. The van der Waals surface area contributed by atoms with Gasteiger partial charge in [0.05, 0.1) is 11.6 Å². The Morgan fingerprint density at radius 2 is 2.09 bits per heavy atom. The Morgan fingerprint density at radius 1 is 1.30 bits per heavy atom. The molecule has 2 aliphatic rings. The van der Waals surface area contributed by atoms with Crippen molar-refractivity contribution < 1.29 is 9.53 Å². The molecule has 6 heteroatoms. The van der Waals surface area contributed by atoms with Gasteiger partial charge in [0.1, 0.15) is 18.4 Å². The first-order valence-corrected chi connectivity index (χ1v) is 8.68. The summed E-state index contributed by atoms with van der Waals surface area (Å²) in [5.74, 6) is 1.20. The summed E-state index contributed by atoms with van der Waals surface area (Å²) < 4.78 is 5.67. The number of ether oxygens (including phenoxy) is 1. The third-order valence-electron chi connectivity index (χ3n) is 4.83. The maximum Gasteiger partial charge on any atom is 0.241 e. The first-order valence-electron chi connectivity index (χ1n) is 8.30. The number of hydrazine groups is 1. The summed E-state index contributed by atoms with van der Waals surface area (Å²) in [6, 6.07) is 7.69. The number of likely N-dealkylation sites (N-methyl/N-ethyl adjacent to an activating group) is 1. The number of nitrogens with one attached hydrogen (secondary N) is 2. The lowest BCUT2D eigenvalue weighted by molar-refractivity contribution is -0.133. The molecular formula is C17H24ClN3O2. The van der Waals surface area contributed by atoms with Gasteiger partial charge in [0.15, 0.2) is 0 Å². The van der Waals surface area contributed by atoms with E-state index in [1.165, 1.54) is 12.8 Å². The number of para-hydroxylation sites is 1. The van der Waals surface area contributed by atoms with Gasteiger partial charge in [-0.1, -0.05) is 36.6 Å². The van der Waals surface area contributed by atoms with E-state index in [1.807, 2.05) is 25.2 Å². The molecule has 3 unspecified atom stereocenters. The molecule has 1 saturated heterocycles. The molecule has 126 valence electrons. The van der Waals surface area contributed by atoms with Crippen molar-refractivity contribution in [1.82, 2.24) is 15.8 Å². The van der Waals surface area contributed by atoms with Gasteiger partial charge >= 0.3 is 0 Å². The summed E-state index contributed by atoms with van der Waals surface area (Å²) in [5.41, 5.74) is 6.48. The topological polar surface area (TPSA) is 53.6 Å². The number of nitrogens with zero attached hydrogens (tertiary/aromatic N) is 1. The number of benzene rings is 1. The van der Waals surface area contributed by atoms with Crippen LogP contribution >= 0.6 is 11.6 Å². The van der Waals surface area contributed by atoms with Crippen LogP contribution in [0.15, 0.2) is 24.3 Å². The summed E-state index contributed by atoms with van der Waals surface area (Å²) in [6.45, 7) is 0.972. The van der Waals surface area contributed by atoms with Crippen LogP contribution in [0.3, 0.4) is 0 Å². The van der Waals surface area contributed by atoms with E-state index in [4.69, 9.17) is 16.3 Å². The van der Waals surface area contributed by atoms with E-state index in [-0.39, 0.29) is 11.9 Å². The van der Waals surface area contributed by atoms with Crippen LogP contribution in [0.4, 0.5) is 0 Å². The molecule has 3 rings (SSSR count). The molecule has 1 aromatic carbocycles. The quantitative estimate of drug-likeness (QED) is 0.865. The third kappa shape index (κ3) is 3.79. The van der Waals surface area contributed by atoms with Crippen LogP contribution in [0.25, 0.3) is 0 Å². The first kappa shape index (κ1) is 16.6. The van der Waals surface area contributed by atoms with Gasteiger partial charge in [0, 0.05) is 19.0 Å². The van der Waals surface area contributed by atoms with Gasteiger partial charge in [-0.3, -0.25) is 10.2 Å². The number of halogens is 1. The molecule has 1 aliphatic carbocycles. The number of carbonyl (C=O) groups excluding carboxylic acids is 1. The third-order valence-corrected chi connectivity index (χ3v) is 5.15. The number of amides is 1. The molecule has 2 fully saturated rings. The minimum atomic E-state index is -0.120. The van der Waals surface area contributed by atoms with Crippen LogP contribution in [0.5, 0.6) is 5.75 Å². The normalized spacial score (nSPS) is 26.6. The van der Waals surface area contributed by atoms with E-state index in [0.717, 1.165) is 12.8 Å². The van der Waals surface area contributed by atoms with E-state index in [1.54, 1.807) is 11.0 Å². The monoisotopic (exact) mass is 337 g/mol. The Balaban J connectivity index is 1.49. The zero-order valence-corrected chi connectivity index (χ0v) is 14.2. The summed E-state index contributed by atoms with van der Waals surface area (Å²) in [5, 5.41) is 0.591. The fourth-order valence-corrected chi connectivity index (χ4v) is 3.68. The molecule has 1 aliphatic heterocycles. The van der Waals surface area contributed by atoms with Gasteiger partial charge in [0.25, 0.3) is 0 Å². The van der Waals surface area contributed by atoms with Crippen molar-refractivity contribution in [2.45, 2.75) is 37.8 Å². The molecule has 1 amide bonds. The van der Waals surface area contributed by atoms with Crippen LogP contribution < -0.4 is 15.6 Å². The summed E-state index contributed by atoms with van der Waals surface area (Å²) in [7, 11) is 1.83. The SMILES string of the molecule is CN(CCOc1ccccc1Cl)C(=O)C1NNC2CCCCC21. The molecule has 5 nitrogen and oxygen atoms in total. The Kier molecular flexibility index (Phi) is 5.41. The smallest absolute Gasteiger partial charge is 0.241 e. The molecule has 2 N–H and O–H groups in total. The van der Waals surface area contributed by atoms with Gasteiger partial charge in [-0.15, -0.1) is 0 Å². The van der Waals surface area contributed by atoms with Crippen LogP contribution in [0.2, 0.25) is 5.02 Å². The average Bonchev–Trinajstić information content (AvgIpc) is 3.00. The number of hydrogen-bond acceptors (Lipinski definition) is 4. The highest BCUT2D eigenvalue weighted by Gasteiger charge is 2.41.